The molecule has 1 aliphatic rings. The molecule has 0 spiro atoms. The van der Waals surface area contributed by atoms with E-state index in [1.165, 1.54) is 0 Å². The first-order chi connectivity index (χ1) is 11.1. The molecule has 118 valence electrons. The molecule has 1 aromatic carbocycles. The zero-order valence-electron chi connectivity index (χ0n) is 13.1. The Morgan fingerprint density at radius 2 is 1.91 bits per heavy atom. The first kappa shape index (κ1) is 14.1. The fourth-order valence-corrected chi connectivity index (χ4v) is 3.07. The summed E-state index contributed by atoms with van der Waals surface area (Å²) in [6.45, 7) is 4.88. The normalized spacial score (nSPS) is 14.9. The van der Waals surface area contributed by atoms with Crippen LogP contribution in [0, 0.1) is 6.92 Å². The summed E-state index contributed by atoms with van der Waals surface area (Å²) in [5.74, 6) is 1.47. The Balaban J connectivity index is 1.95. The van der Waals surface area contributed by atoms with Gasteiger partial charge >= 0.3 is 0 Å². The highest BCUT2D eigenvalue weighted by Gasteiger charge is 2.21. The number of pyridine rings is 1. The summed E-state index contributed by atoms with van der Waals surface area (Å²) in [4.78, 5) is 4.72. The van der Waals surface area contributed by atoms with Crippen molar-refractivity contribution in [2.45, 2.75) is 20.0 Å². The predicted molar refractivity (Wildman–Crippen MR) is 87.0 cm³/mol. The lowest BCUT2D eigenvalue weighted by atomic mass is 10.1. The molecule has 4 rings (SSSR count). The molecule has 5 nitrogen and oxygen atoms in total. The van der Waals surface area contributed by atoms with E-state index < -0.39 is 6.10 Å². The number of fused-ring (bicyclic) bond motifs is 2. The molecular weight excluding hydrogens is 292 g/mol. The van der Waals surface area contributed by atoms with Gasteiger partial charge in [-0.15, -0.1) is 0 Å². The predicted octanol–water partition coefficient (Wildman–Crippen LogP) is 3.13. The Bertz CT molecular complexity index is 883. The zero-order chi connectivity index (χ0) is 16.0. The summed E-state index contributed by atoms with van der Waals surface area (Å²) in [7, 11) is 0. The van der Waals surface area contributed by atoms with Gasteiger partial charge in [0, 0.05) is 11.3 Å². The second kappa shape index (κ2) is 5.28. The van der Waals surface area contributed by atoms with E-state index in [-0.39, 0.29) is 0 Å². The quantitative estimate of drug-likeness (QED) is 0.790. The Morgan fingerprint density at radius 1 is 1.13 bits per heavy atom. The molecule has 1 aliphatic heterocycles. The molecule has 5 heteroatoms. The summed E-state index contributed by atoms with van der Waals surface area (Å²) in [6.07, 6.45) is -0.630. The third-order valence-electron chi connectivity index (χ3n) is 4.09. The van der Waals surface area contributed by atoms with E-state index in [9.17, 15) is 5.11 Å². The number of nitrogens with zero attached hydrogens (tertiary/aromatic N) is 2. The molecule has 0 radical (unpaired) electrons. The molecule has 0 bridgehead atoms. The fraction of sp³-hybridized carbons (Fsp3) is 0.278. The highest BCUT2D eigenvalue weighted by atomic mass is 16.6. The third kappa shape index (κ3) is 2.24. The highest BCUT2D eigenvalue weighted by Crippen LogP contribution is 2.37. The molecule has 0 fully saturated rings. The summed E-state index contributed by atoms with van der Waals surface area (Å²) in [6, 6.07) is 11.7. The van der Waals surface area contributed by atoms with E-state index in [1.54, 1.807) is 6.92 Å². The topological polar surface area (TPSA) is 56.0 Å². The largest absolute Gasteiger partial charge is 0.486 e. The van der Waals surface area contributed by atoms with Crippen LogP contribution in [0.1, 0.15) is 24.4 Å². The maximum atomic E-state index is 10.3. The Morgan fingerprint density at radius 3 is 2.70 bits per heavy atom. The van der Waals surface area contributed by atoms with Crippen LogP contribution in [0.3, 0.4) is 0 Å². The van der Waals surface area contributed by atoms with E-state index in [0.717, 1.165) is 39.8 Å². The maximum Gasteiger partial charge on any atom is 0.162 e. The number of hydrogen-bond acceptors (Lipinski definition) is 4. The van der Waals surface area contributed by atoms with Crippen molar-refractivity contribution in [2.75, 3.05) is 13.2 Å². The van der Waals surface area contributed by atoms with Crippen molar-refractivity contribution in [3.8, 4) is 22.8 Å². The van der Waals surface area contributed by atoms with E-state index in [1.807, 2.05) is 47.7 Å². The van der Waals surface area contributed by atoms with Gasteiger partial charge in [-0.1, -0.05) is 6.07 Å². The second-order valence-electron chi connectivity index (χ2n) is 5.74. The fourth-order valence-electron chi connectivity index (χ4n) is 3.07. The van der Waals surface area contributed by atoms with Crippen LogP contribution in [-0.2, 0) is 0 Å². The molecule has 23 heavy (non-hydrogen) atoms. The van der Waals surface area contributed by atoms with Gasteiger partial charge in [0.15, 0.2) is 11.5 Å². The molecule has 2 aromatic heterocycles. The number of aromatic nitrogens is 2. The second-order valence-corrected chi connectivity index (χ2v) is 5.74. The lowest BCUT2D eigenvalue weighted by Gasteiger charge is -2.19. The zero-order valence-corrected chi connectivity index (χ0v) is 13.1. The van der Waals surface area contributed by atoms with Crippen LogP contribution in [0.2, 0.25) is 0 Å². The first-order valence-electron chi connectivity index (χ1n) is 7.71. The van der Waals surface area contributed by atoms with Gasteiger partial charge in [0.1, 0.15) is 18.9 Å². The number of aliphatic hydroxyl groups is 1. The molecular formula is C18H18N2O3. The van der Waals surface area contributed by atoms with Crippen LogP contribution in [0.15, 0.2) is 36.4 Å². The van der Waals surface area contributed by atoms with Crippen LogP contribution >= 0.6 is 0 Å². The van der Waals surface area contributed by atoms with Gasteiger partial charge in [-0.3, -0.25) is 4.40 Å². The van der Waals surface area contributed by atoms with Crippen molar-refractivity contribution < 1.29 is 14.6 Å². The van der Waals surface area contributed by atoms with Crippen LogP contribution in [-0.4, -0.2) is 27.7 Å². The minimum Gasteiger partial charge on any atom is -0.486 e. The van der Waals surface area contributed by atoms with Crippen molar-refractivity contribution in [1.29, 1.82) is 0 Å². The van der Waals surface area contributed by atoms with Crippen molar-refractivity contribution in [3.05, 3.63) is 47.8 Å². The summed E-state index contributed by atoms with van der Waals surface area (Å²) >= 11 is 0. The van der Waals surface area contributed by atoms with Crippen molar-refractivity contribution in [2.24, 2.45) is 0 Å². The van der Waals surface area contributed by atoms with Crippen molar-refractivity contribution in [3.63, 3.8) is 0 Å². The van der Waals surface area contributed by atoms with Gasteiger partial charge in [-0.05, 0) is 44.2 Å². The molecule has 0 amide bonds. The van der Waals surface area contributed by atoms with E-state index in [2.05, 4.69) is 0 Å². The van der Waals surface area contributed by atoms with Crippen molar-refractivity contribution >= 4 is 5.65 Å². The third-order valence-corrected chi connectivity index (χ3v) is 4.09. The summed E-state index contributed by atoms with van der Waals surface area (Å²) in [5.41, 5.74) is 4.33. The highest BCUT2D eigenvalue weighted by molar-refractivity contribution is 5.70. The molecule has 0 aliphatic carbocycles. The van der Waals surface area contributed by atoms with Crippen LogP contribution in [0.25, 0.3) is 16.9 Å². The van der Waals surface area contributed by atoms with E-state index >= 15 is 0 Å². The van der Waals surface area contributed by atoms with Gasteiger partial charge in [0.2, 0.25) is 0 Å². The Kier molecular flexibility index (Phi) is 3.23. The number of hydrogen-bond donors (Lipinski definition) is 1. The van der Waals surface area contributed by atoms with Gasteiger partial charge in [-0.2, -0.15) is 0 Å². The van der Waals surface area contributed by atoms with Crippen molar-refractivity contribution in [1.82, 2.24) is 9.38 Å². The first-order valence-corrected chi connectivity index (χ1v) is 7.71. The van der Waals surface area contributed by atoms with Gasteiger partial charge in [0.25, 0.3) is 0 Å². The average Bonchev–Trinajstić information content (AvgIpc) is 2.95. The van der Waals surface area contributed by atoms with E-state index in [0.29, 0.717) is 13.2 Å². The lowest BCUT2D eigenvalue weighted by Crippen LogP contribution is -2.15. The monoisotopic (exact) mass is 310 g/mol. The van der Waals surface area contributed by atoms with E-state index in [4.69, 9.17) is 14.5 Å². The number of rotatable bonds is 2. The molecule has 1 atom stereocenters. The number of benzene rings is 1. The SMILES string of the molecule is Cc1cccc2nc(-c3ccc4c(c3)OCCO4)c(C(C)O)n12. The van der Waals surface area contributed by atoms with Gasteiger partial charge in [-0.25, -0.2) is 4.98 Å². The minimum atomic E-state index is -0.630. The standard InChI is InChI=1S/C18H18N2O3/c1-11-4-3-5-16-19-17(18(12(2)21)20(11)16)13-6-7-14-15(10-13)23-9-8-22-14/h3-7,10,12,21H,8-9H2,1-2H3. The number of imidazole rings is 1. The smallest absolute Gasteiger partial charge is 0.162 e. The molecule has 1 N–H and O–H groups in total. The average molecular weight is 310 g/mol. The summed E-state index contributed by atoms with van der Waals surface area (Å²) in [5, 5.41) is 10.3. The molecule has 0 saturated heterocycles. The minimum absolute atomic E-state index is 0.546. The number of aliphatic hydroxyl groups excluding tert-OH is 1. The lowest BCUT2D eigenvalue weighted by molar-refractivity contribution is 0.171. The Hall–Kier alpha value is -2.53. The van der Waals surface area contributed by atoms with Crippen LogP contribution < -0.4 is 9.47 Å². The molecule has 1 unspecified atom stereocenters. The Labute approximate surface area is 134 Å². The number of aryl methyl sites for hydroxylation is 1. The number of ether oxygens (including phenoxy) is 2. The molecule has 3 heterocycles. The molecule has 3 aromatic rings. The van der Waals surface area contributed by atoms with Crippen LogP contribution in [0.4, 0.5) is 0 Å². The maximum absolute atomic E-state index is 10.3. The molecule has 0 saturated carbocycles. The van der Waals surface area contributed by atoms with Gasteiger partial charge in [0.05, 0.1) is 17.5 Å². The summed E-state index contributed by atoms with van der Waals surface area (Å²) < 4.78 is 13.2. The van der Waals surface area contributed by atoms with Gasteiger partial charge < -0.3 is 14.6 Å². The van der Waals surface area contributed by atoms with Crippen LogP contribution in [0.5, 0.6) is 11.5 Å².